The van der Waals surface area contributed by atoms with Gasteiger partial charge in [-0.15, -0.1) is 0 Å². The summed E-state index contributed by atoms with van der Waals surface area (Å²) in [5.41, 5.74) is 0.734. The van der Waals surface area contributed by atoms with Crippen molar-refractivity contribution in [3.05, 3.63) is 47.8 Å². The summed E-state index contributed by atoms with van der Waals surface area (Å²) in [6.07, 6.45) is 4.40. The Labute approximate surface area is 101 Å². The van der Waals surface area contributed by atoms with Crippen LogP contribution < -0.4 is 0 Å². The van der Waals surface area contributed by atoms with E-state index in [0.717, 1.165) is 12.1 Å². The van der Waals surface area contributed by atoms with E-state index in [1.165, 1.54) is 12.1 Å². The molecule has 0 N–H and O–H groups in total. The van der Waals surface area contributed by atoms with Crippen molar-refractivity contribution in [2.45, 2.75) is 13.3 Å². The van der Waals surface area contributed by atoms with Crippen LogP contribution in [0.1, 0.15) is 12.5 Å². The van der Waals surface area contributed by atoms with Gasteiger partial charge in [0.25, 0.3) is 0 Å². The average Bonchev–Trinajstić information content (AvgIpc) is 2.29. The van der Waals surface area contributed by atoms with Crippen LogP contribution in [0.4, 0.5) is 4.39 Å². The lowest BCUT2D eigenvalue weighted by Gasteiger charge is -2.27. The highest BCUT2D eigenvalue weighted by Crippen LogP contribution is 2.11. The Morgan fingerprint density at radius 2 is 2.35 bits per heavy atom. The van der Waals surface area contributed by atoms with Gasteiger partial charge in [-0.3, -0.25) is 4.79 Å². The van der Waals surface area contributed by atoms with Gasteiger partial charge in [-0.2, -0.15) is 0 Å². The molecule has 0 fully saturated rings. The van der Waals surface area contributed by atoms with Crippen LogP contribution in [0.5, 0.6) is 0 Å². The molecule has 1 aliphatic rings. The second-order valence-electron chi connectivity index (χ2n) is 4.51. The van der Waals surface area contributed by atoms with Crippen molar-refractivity contribution in [3.8, 4) is 0 Å². The molecule has 0 radical (unpaired) electrons. The minimum atomic E-state index is -0.290. The van der Waals surface area contributed by atoms with Crippen molar-refractivity contribution >= 4 is 5.91 Å². The smallest absolute Gasteiger partial charge is 0.227 e. The van der Waals surface area contributed by atoms with Crippen molar-refractivity contribution < 1.29 is 9.18 Å². The van der Waals surface area contributed by atoms with Crippen molar-refractivity contribution in [2.24, 2.45) is 5.92 Å². The Hall–Kier alpha value is -1.64. The summed E-state index contributed by atoms with van der Waals surface area (Å²) >= 11 is 0. The van der Waals surface area contributed by atoms with Gasteiger partial charge in [0.15, 0.2) is 0 Å². The Kier molecular flexibility index (Phi) is 3.57. The number of carbonyl (C=O) groups is 1. The van der Waals surface area contributed by atoms with Gasteiger partial charge in [-0.1, -0.05) is 31.2 Å². The van der Waals surface area contributed by atoms with Gasteiger partial charge in [-0.25, -0.2) is 4.39 Å². The lowest BCUT2D eigenvalue weighted by atomic mass is 10.1. The van der Waals surface area contributed by atoms with E-state index in [1.54, 1.807) is 12.1 Å². The van der Waals surface area contributed by atoms with Gasteiger partial charge in [0.1, 0.15) is 5.82 Å². The largest absolute Gasteiger partial charge is 0.338 e. The van der Waals surface area contributed by atoms with Crippen LogP contribution in [0.3, 0.4) is 0 Å². The molecule has 2 nitrogen and oxygen atoms in total. The molecule has 2 rings (SSSR count). The Balaban J connectivity index is 2.00. The summed E-state index contributed by atoms with van der Waals surface area (Å²) in [6.45, 7) is 3.50. The van der Waals surface area contributed by atoms with Gasteiger partial charge in [0, 0.05) is 13.1 Å². The van der Waals surface area contributed by atoms with Crippen LogP contribution in [0.2, 0.25) is 0 Å². The maximum absolute atomic E-state index is 13.0. The average molecular weight is 233 g/mol. The van der Waals surface area contributed by atoms with Crippen LogP contribution in [-0.4, -0.2) is 23.9 Å². The minimum absolute atomic E-state index is 0.0619. The van der Waals surface area contributed by atoms with E-state index < -0.39 is 0 Å². The molecular formula is C14H16FNO. The predicted octanol–water partition coefficient (Wildman–Crippen LogP) is 2.40. The topological polar surface area (TPSA) is 20.3 Å². The minimum Gasteiger partial charge on any atom is -0.338 e. The molecular weight excluding hydrogens is 217 g/mol. The maximum atomic E-state index is 13.0. The molecule has 0 aliphatic carbocycles. The van der Waals surface area contributed by atoms with E-state index in [4.69, 9.17) is 0 Å². The SMILES string of the molecule is CC1C=CCN(C(=O)Cc2cccc(F)c2)C1. The third-order valence-corrected chi connectivity index (χ3v) is 2.90. The summed E-state index contributed by atoms with van der Waals surface area (Å²) < 4.78 is 13.0. The normalized spacial score (nSPS) is 19.4. The van der Waals surface area contributed by atoms with E-state index in [0.29, 0.717) is 12.5 Å². The summed E-state index contributed by atoms with van der Waals surface area (Å²) in [5, 5.41) is 0. The number of benzene rings is 1. The lowest BCUT2D eigenvalue weighted by molar-refractivity contribution is -0.130. The van der Waals surface area contributed by atoms with E-state index in [9.17, 15) is 9.18 Å². The van der Waals surface area contributed by atoms with E-state index in [1.807, 2.05) is 11.0 Å². The Morgan fingerprint density at radius 1 is 1.53 bits per heavy atom. The third kappa shape index (κ3) is 3.16. The molecule has 0 spiro atoms. The molecule has 0 saturated heterocycles. The van der Waals surface area contributed by atoms with Crippen LogP contribution in [-0.2, 0) is 11.2 Å². The standard InChI is InChI=1S/C14H16FNO/c1-11-4-3-7-16(10-11)14(17)9-12-5-2-6-13(15)8-12/h2-6,8,11H,7,9-10H2,1H3. The monoisotopic (exact) mass is 233 g/mol. The summed E-state index contributed by atoms with van der Waals surface area (Å²) in [4.78, 5) is 13.8. The molecule has 1 aromatic carbocycles. The molecule has 17 heavy (non-hydrogen) atoms. The molecule has 1 atom stereocenters. The first kappa shape index (κ1) is 11.8. The van der Waals surface area contributed by atoms with Gasteiger partial charge in [0.2, 0.25) is 5.91 Å². The fourth-order valence-electron chi connectivity index (χ4n) is 2.04. The Bertz CT molecular complexity index is 442. The van der Waals surface area contributed by atoms with E-state index >= 15 is 0 Å². The van der Waals surface area contributed by atoms with Crippen LogP contribution in [0.15, 0.2) is 36.4 Å². The quantitative estimate of drug-likeness (QED) is 0.718. The van der Waals surface area contributed by atoms with Gasteiger partial charge in [0.05, 0.1) is 6.42 Å². The molecule has 0 aromatic heterocycles. The van der Waals surface area contributed by atoms with E-state index in [2.05, 4.69) is 13.0 Å². The number of halogens is 1. The molecule has 90 valence electrons. The second-order valence-corrected chi connectivity index (χ2v) is 4.51. The number of nitrogens with zero attached hydrogens (tertiary/aromatic N) is 1. The molecule has 1 aliphatic heterocycles. The number of rotatable bonds is 2. The first-order valence-corrected chi connectivity index (χ1v) is 5.84. The van der Waals surface area contributed by atoms with Gasteiger partial charge >= 0.3 is 0 Å². The maximum Gasteiger partial charge on any atom is 0.227 e. The van der Waals surface area contributed by atoms with Gasteiger partial charge in [-0.05, 0) is 23.6 Å². The summed E-state index contributed by atoms with van der Waals surface area (Å²) in [5.74, 6) is 0.175. The Morgan fingerprint density at radius 3 is 3.06 bits per heavy atom. The molecule has 0 bridgehead atoms. The summed E-state index contributed by atoms with van der Waals surface area (Å²) in [6, 6.07) is 6.22. The fraction of sp³-hybridized carbons (Fsp3) is 0.357. The van der Waals surface area contributed by atoms with Crippen molar-refractivity contribution in [1.29, 1.82) is 0 Å². The molecule has 1 heterocycles. The van der Waals surface area contributed by atoms with Crippen molar-refractivity contribution in [2.75, 3.05) is 13.1 Å². The summed E-state index contributed by atoms with van der Waals surface area (Å²) in [7, 11) is 0. The number of hydrogen-bond acceptors (Lipinski definition) is 1. The van der Waals surface area contributed by atoms with Gasteiger partial charge < -0.3 is 4.90 Å². The number of amides is 1. The molecule has 1 unspecified atom stereocenters. The van der Waals surface area contributed by atoms with Crippen LogP contribution in [0, 0.1) is 11.7 Å². The highest BCUT2D eigenvalue weighted by Gasteiger charge is 2.17. The molecule has 1 aromatic rings. The third-order valence-electron chi connectivity index (χ3n) is 2.90. The zero-order valence-corrected chi connectivity index (χ0v) is 9.90. The van der Waals surface area contributed by atoms with E-state index in [-0.39, 0.29) is 18.1 Å². The van der Waals surface area contributed by atoms with Crippen molar-refractivity contribution in [1.82, 2.24) is 4.90 Å². The number of carbonyl (C=O) groups excluding carboxylic acids is 1. The molecule has 3 heteroatoms. The first-order valence-electron chi connectivity index (χ1n) is 5.84. The lowest BCUT2D eigenvalue weighted by Crippen LogP contribution is -2.37. The number of hydrogen-bond donors (Lipinski definition) is 0. The first-order chi connectivity index (χ1) is 8.15. The highest BCUT2D eigenvalue weighted by molar-refractivity contribution is 5.79. The molecule has 0 saturated carbocycles. The highest BCUT2D eigenvalue weighted by atomic mass is 19.1. The van der Waals surface area contributed by atoms with Crippen LogP contribution in [0.25, 0.3) is 0 Å². The van der Waals surface area contributed by atoms with Crippen LogP contribution >= 0.6 is 0 Å². The zero-order valence-electron chi connectivity index (χ0n) is 9.90. The fourth-order valence-corrected chi connectivity index (χ4v) is 2.04. The molecule has 1 amide bonds. The van der Waals surface area contributed by atoms with Crippen molar-refractivity contribution in [3.63, 3.8) is 0 Å². The zero-order chi connectivity index (χ0) is 12.3. The predicted molar refractivity (Wildman–Crippen MR) is 65.0 cm³/mol. The second kappa shape index (κ2) is 5.13.